The van der Waals surface area contributed by atoms with Crippen molar-refractivity contribution in [2.45, 2.75) is 10.8 Å². The highest BCUT2D eigenvalue weighted by molar-refractivity contribution is 14.1. The molecular weight excluding hydrogens is 335 g/mol. The van der Waals surface area contributed by atoms with Crippen molar-refractivity contribution in [3.63, 3.8) is 0 Å². The first-order chi connectivity index (χ1) is 8.09. The number of alkyl halides is 1. The Kier molecular flexibility index (Phi) is 3.31. The molecule has 0 aromatic carbocycles. The van der Waals surface area contributed by atoms with Crippen LogP contribution in [0.15, 0.2) is 18.7 Å². The monoisotopic (exact) mass is 344 g/mol. The number of carbonyl (C=O) groups excluding carboxylic acids is 1. The quantitative estimate of drug-likeness (QED) is 0.651. The molecule has 0 aliphatic carbocycles. The molecule has 0 unspecified atom stereocenters. The molecular formula is C9H9IN6O. The van der Waals surface area contributed by atoms with Crippen LogP contribution in [-0.4, -0.2) is 30.6 Å². The minimum Gasteiger partial charge on any atom is -0.364 e. The van der Waals surface area contributed by atoms with E-state index in [-0.39, 0.29) is 9.62 Å². The Morgan fingerprint density at radius 2 is 2.18 bits per heavy atom. The van der Waals surface area contributed by atoms with Crippen LogP contribution < -0.4 is 5.73 Å². The summed E-state index contributed by atoms with van der Waals surface area (Å²) in [5.41, 5.74) is 5.31. The Morgan fingerprint density at radius 3 is 2.82 bits per heavy atom. The maximum absolute atomic E-state index is 11.0. The van der Waals surface area contributed by atoms with Gasteiger partial charge in [0.05, 0.1) is 3.92 Å². The number of amides is 1. The maximum Gasteiger partial charge on any atom is 0.267 e. The minimum atomic E-state index is -0.599. The van der Waals surface area contributed by atoms with Gasteiger partial charge in [-0.3, -0.25) is 4.79 Å². The van der Waals surface area contributed by atoms with E-state index in [1.165, 1.54) is 18.7 Å². The Balaban J connectivity index is 2.49. The average Bonchev–Trinajstić information content (AvgIpc) is 2.78. The predicted octanol–water partition coefficient (Wildman–Crippen LogP) is 0.652. The molecule has 2 heterocycles. The largest absolute Gasteiger partial charge is 0.364 e. The number of rotatable bonds is 3. The van der Waals surface area contributed by atoms with Crippen LogP contribution in [0, 0.1) is 0 Å². The van der Waals surface area contributed by atoms with Crippen molar-refractivity contribution in [1.82, 2.24) is 24.7 Å². The fourth-order valence-corrected chi connectivity index (χ4v) is 1.72. The molecule has 0 saturated heterocycles. The van der Waals surface area contributed by atoms with E-state index < -0.39 is 5.91 Å². The number of aromatic nitrogens is 5. The van der Waals surface area contributed by atoms with Crippen LogP contribution in [-0.2, 0) is 0 Å². The Morgan fingerprint density at radius 1 is 1.41 bits per heavy atom. The third kappa shape index (κ3) is 2.40. The summed E-state index contributed by atoms with van der Waals surface area (Å²) in [7, 11) is 0. The van der Waals surface area contributed by atoms with Crippen molar-refractivity contribution in [1.29, 1.82) is 0 Å². The van der Waals surface area contributed by atoms with Gasteiger partial charge in [-0.15, -0.1) is 0 Å². The van der Waals surface area contributed by atoms with Crippen molar-refractivity contribution in [2.24, 2.45) is 5.73 Å². The molecule has 0 bridgehead atoms. The zero-order chi connectivity index (χ0) is 12.4. The van der Waals surface area contributed by atoms with Crippen molar-refractivity contribution >= 4 is 28.5 Å². The van der Waals surface area contributed by atoms with Crippen LogP contribution >= 0.6 is 22.6 Å². The first-order valence-electron chi connectivity index (χ1n) is 4.76. The molecule has 0 aliphatic rings. The number of hydrogen-bond donors (Lipinski definition) is 1. The number of nitrogens with two attached hydrogens (primary N) is 1. The molecule has 0 aliphatic heterocycles. The van der Waals surface area contributed by atoms with Crippen LogP contribution in [0.2, 0.25) is 0 Å². The standard InChI is InChI=1S/C9H9IN6O/c1-5(10)9-14-4-15-16(9)7-2-6(8(11)17)12-3-13-7/h2-5H,1H3,(H2,11,17)/t5-/m0/s1. The fourth-order valence-electron chi connectivity index (χ4n) is 1.30. The Hall–Kier alpha value is -1.58. The van der Waals surface area contributed by atoms with E-state index in [1.54, 1.807) is 4.68 Å². The van der Waals surface area contributed by atoms with E-state index in [4.69, 9.17) is 5.73 Å². The first kappa shape index (κ1) is 11.9. The van der Waals surface area contributed by atoms with E-state index in [2.05, 4.69) is 42.6 Å². The van der Waals surface area contributed by atoms with Crippen LogP contribution in [0.1, 0.15) is 27.2 Å². The van der Waals surface area contributed by atoms with Crippen molar-refractivity contribution in [3.8, 4) is 5.82 Å². The molecule has 17 heavy (non-hydrogen) atoms. The highest BCUT2D eigenvalue weighted by Gasteiger charge is 2.13. The maximum atomic E-state index is 11.0. The molecule has 2 N–H and O–H groups in total. The van der Waals surface area contributed by atoms with Crippen LogP contribution in [0.3, 0.4) is 0 Å². The zero-order valence-corrected chi connectivity index (χ0v) is 11.1. The minimum absolute atomic E-state index is 0.151. The van der Waals surface area contributed by atoms with Gasteiger partial charge in [0, 0.05) is 6.07 Å². The van der Waals surface area contributed by atoms with Gasteiger partial charge in [-0.1, -0.05) is 22.6 Å². The van der Waals surface area contributed by atoms with Gasteiger partial charge in [0.25, 0.3) is 5.91 Å². The molecule has 2 aromatic heterocycles. The molecule has 8 heteroatoms. The van der Waals surface area contributed by atoms with Crippen LogP contribution in [0.5, 0.6) is 0 Å². The van der Waals surface area contributed by atoms with Gasteiger partial charge in [0.2, 0.25) is 0 Å². The fraction of sp³-hybridized carbons (Fsp3) is 0.222. The van der Waals surface area contributed by atoms with Gasteiger partial charge in [0.1, 0.15) is 24.2 Å². The van der Waals surface area contributed by atoms with E-state index in [0.29, 0.717) is 5.82 Å². The SMILES string of the molecule is C[C@H](I)c1ncnn1-c1cc(C(N)=O)ncn1. The van der Waals surface area contributed by atoms with Crippen LogP contribution in [0.25, 0.3) is 5.82 Å². The zero-order valence-electron chi connectivity index (χ0n) is 8.91. The molecule has 7 nitrogen and oxygen atoms in total. The summed E-state index contributed by atoms with van der Waals surface area (Å²) >= 11 is 2.22. The smallest absolute Gasteiger partial charge is 0.267 e. The lowest BCUT2D eigenvalue weighted by Crippen LogP contribution is -2.15. The predicted molar refractivity (Wildman–Crippen MR) is 67.9 cm³/mol. The third-order valence-corrected chi connectivity index (χ3v) is 2.61. The highest BCUT2D eigenvalue weighted by Crippen LogP contribution is 2.21. The van der Waals surface area contributed by atoms with Crippen molar-refractivity contribution in [2.75, 3.05) is 0 Å². The summed E-state index contributed by atoms with van der Waals surface area (Å²) in [6, 6.07) is 1.49. The van der Waals surface area contributed by atoms with Crippen LogP contribution in [0.4, 0.5) is 0 Å². The normalized spacial score (nSPS) is 12.4. The van der Waals surface area contributed by atoms with Gasteiger partial charge in [-0.05, 0) is 6.92 Å². The molecule has 2 rings (SSSR count). The number of halogens is 1. The second-order valence-corrected chi connectivity index (χ2v) is 5.14. The number of hydrogen-bond acceptors (Lipinski definition) is 5. The van der Waals surface area contributed by atoms with Gasteiger partial charge in [-0.2, -0.15) is 9.78 Å². The molecule has 0 saturated carbocycles. The number of nitrogens with zero attached hydrogens (tertiary/aromatic N) is 5. The lowest BCUT2D eigenvalue weighted by atomic mass is 10.3. The van der Waals surface area contributed by atoms with Gasteiger partial charge < -0.3 is 5.73 Å². The summed E-state index contributed by atoms with van der Waals surface area (Å²) in [6.07, 6.45) is 2.72. The van der Waals surface area contributed by atoms with E-state index in [0.717, 1.165) is 5.82 Å². The van der Waals surface area contributed by atoms with E-state index in [9.17, 15) is 4.79 Å². The average molecular weight is 344 g/mol. The summed E-state index contributed by atoms with van der Waals surface area (Å²) in [5.74, 6) is 0.627. The third-order valence-electron chi connectivity index (χ3n) is 2.05. The second-order valence-electron chi connectivity index (χ2n) is 3.27. The molecule has 0 fully saturated rings. The summed E-state index contributed by atoms with van der Waals surface area (Å²) in [5, 5.41) is 4.07. The lowest BCUT2D eigenvalue weighted by molar-refractivity contribution is 0.0995. The van der Waals surface area contributed by atoms with Gasteiger partial charge in [0.15, 0.2) is 5.82 Å². The Bertz CT molecular complexity index is 552. The topological polar surface area (TPSA) is 99.6 Å². The highest BCUT2D eigenvalue weighted by atomic mass is 127. The van der Waals surface area contributed by atoms with E-state index >= 15 is 0 Å². The van der Waals surface area contributed by atoms with E-state index in [1.807, 2.05) is 6.92 Å². The molecule has 2 aromatic rings. The summed E-state index contributed by atoms with van der Waals surface area (Å²) in [4.78, 5) is 23.0. The summed E-state index contributed by atoms with van der Waals surface area (Å²) < 4.78 is 1.73. The lowest BCUT2D eigenvalue weighted by Gasteiger charge is -2.06. The number of carbonyl (C=O) groups is 1. The number of primary amides is 1. The second kappa shape index (κ2) is 4.73. The van der Waals surface area contributed by atoms with Crippen molar-refractivity contribution in [3.05, 3.63) is 30.2 Å². The molecule has 0 spiro atoms. The van der Waals surface area contributed by atoms with Gasteiger partial charge >= 0.3 is 0 Å². The summed E-state index contributed by atoms with van der Waals surface area (Å²) in [6.45, 7) is 1.98. The van der Waals surface area contributed by atoms with Crippen molar-refractivity contribution < 1.29 is 4.79 Å². The molecule has 88 valence electrons. The molecule has 0 radical (unpaired) electrons. The molecule has 1 atom stereocenters. The van der Waals surface area contributed by atoms with Gasteiger partial charge in [-0.25, -0.2) is 15.0 Å². The molecule has 1 amide bonds. The first-order valence-corrected chi connectivity index (χ1v) is 6.00. The Labute approximate surface area is 111 Å².